The first-order chi connectivity index (χ1) is 14.4. The maximum atomic E-state index is 12.4. The molecule has 0 aromatic rings. The second-order valence-corrected chi connectivity index (χ2v) is 9.93. The van der Waals surface area contributed by atoms with Gasteiger partial charge in [0.05, 0.1) is 5.70 Å². The number of amides is 1. The number of nitrogens with zero attached hydrogens (tertiary/aromatic N) is 1. The van der Waals surface area contributed by atoms with E-state index in [4.69, 9.17) is 0 Å². The molecule has 0 heterocycles. The van der Waals surface area contributed by atoms with Crippen molar-refractivity contribution in [1.29, 1.82) is 0 Å². The van der Waals surface area contributed by atoms with Crippen LogP contribution >= 0.6 is 0 Å². The second-order valence-electron chi connectivity index (χ2n) is 9.93. The van der Waals surface area contributed by atoms with Gasteiger partial charge in [-0.1, -0.05) is 36.8 Å². The lowest BCUT2D eigenvalue weighted by Crippen LogP contribution is -2.50. The van der Waals surface area contributed by atoms with Crippen LogP contribution < -0.4 is 0 Å². The highest BCUT2D eigenvalue weighted by Gasteiger charge is 2.58. The highest BCUT2D eigenvalue weighted by atomic mass is 16.4. The zero-order chi connectivity index (χ0) is 21.0. The van der Waals surface area contributed by atoms with Crippen LogP contribution in [-0.4, -0.2) is 27.9 Å². The Labute approximate surface area is 178 Å². The molecule has 0 radical (unpaired) electrons. The second kappa shape index (κ2) is 7.11. The quantitative estimate of drug-likeness (QED) is 0.578. The first-order valence-corrected chi connectivity index (χ1v) is 11.4. The van der Waals surface area contributed by atoms with Gasteiger partial charge < -0.3 is 5.11 Å². The molecule has 0 saturated heterocycles. The molecule has 1 unspecified atom stereocenters. The van der Waals surface area contributed by atoms with Crippen LogP contribution in [0.15, 0.2) is 58.9 Å². The Balaban J connectivity index is 1.53. The lowest BCUT2D eigenvalue weighted by Gasteiger charge is -2.50. The van der Waals surface area contributed by atoms with Gasteiger partial charge in [0.2, 0.25) is 0 Å². The summed E-state index contributed by atoms with van der Waals surface area (Å²) in [6, 6.07) is -0.163. The summed E-state index contributed by atoms with van der Waals surface area (Å²) in [5, 5.41) is 10.1. The standard InChI is InChI=1S/C26H31NO3/c1-16-14-23(27(25(29)30)18-7-5-8-19(28)15-18)26(2)13-12-21-20-9-4-3-6-17(20)10-11-22(21)24(16)26/h5-7,15,22-24H,1,3-4,8-14H2,2H3,(H,29,30)/t22?,23-,24+,26+/m0/s1. The van der Waals surface area contributed by atoms with Crippen molar-refractivity contribution in [2.24, 2.45) is 17.3 Å². The third kappa shape index (κ3) is 2.87. The first kappa shape index (κ1) is 19.6. The van der Waals surface area contributed by atoms with Crippen molar-refractivity contribution >= 4 is 11.9 Å². The summed E-state index contributed by atoms with van der Waals surface area (Å²) in [5.74, 6) is 0.796. The van der Waals surface area contributed by atoms with Crippen LogP contribution in [0, 0.1) is 17.3 Å². The summed E-state index contributed by atoms with van der Waals surface area (Å²) in [4.78, 5) is 25.8. The fourth-order valence-electron chi connectivity index (χ4n) is 7.15. The Morgan fingerprint density at radius 2 is 2.13 bits per heavy atom. The highest BCUT2D eigenvalue weighted by Crippen LogP contribution is 2.62. The molecule has 4 nitrogen and oxygen atoms in total. The van der Waals surface area contributed by atoms with Gasteiger partial charge in [-0.15, -0.1) is 0 Å². The van der Waals surface area contributed by atoms with E-state index in [2.05, 4.69) is 19.6 Å². The van der Waals surface area contributed by atoms with Crippen molar-refractivity contribution in [2.75, 3.05) is 0 Å². The van der Waals surface area contributed by atoms with E-state index in [-0.39, 0.29) is 17.2 Å². The summed E-state index contributed by atoms with van der Waals surface area (Å²) in [7, 11) is 0. The Bertz CT molecular complexity index is 949. The highest BCUT2D eigenvalue weighted by molar-refractivity contribution is 5.93. The lowest BCUT2D eigenvalue weighted by molar-refractivity contribution is -0.114. The minimum absolute atomic E-state index is 0.0307. The molecule has 0 aliphatic heterocycles. The smallest absolute Gasteiger partial charge is 0.412 e. The van der Waals surface area contributed by atoms with Gasteiger partial charge in [-0.25, -0.2) is 4.79 Å². The monoisotopic (exact) mass is 405 g/mol. The van der Waals surface area contributed by atoms with Crippen molar-refractivity contribution in [1.82, 2.24) is 4.90 Å². The predicted molar refractivity (Wildman–Crippen MR) is 117 cm³/mol. The van der Waals surface area contributed by atoms with E-state index in [9.17, 15) is 14.7 Å². The molecule has 30 heavy (non-hydrogen) atoms. The van der Waals surface area contributed by atoms with Crippen LogP contribution in [0.2, 0.25) is 0 Å². The molecule has 158 valence electrons. The van der Waals surface area contributed by atoms with E-state index >= 15 is 0 Å². The molecule has 4 heteroatoms. The zero-order valence-electron chi connectivity index (χ0n) is 17.8. The van der Waals surface area contributed by atoms with E-state index in [1.54, 1.807) is 28.9 Å². The SMILES string of the molecule is C=C1C[C@H](N(C(=O)O)C2=CC(=O)CC=C2)[C@@]2(C)CCC3=C4CCCC=C4CCC3[C@@H]12. The molecular formula is C26H31NO3. The third-order valence-electron chi connectivity index (χ3n) is 8.38. The van der Waals surface area contributed by atoms with Crippen molar-refractivity contribution in [2.45, 2.75) is 70.8 Å². The molecule has 0 spiro atoms. The summed E-state index contributed by atoms with van der Waals surface area (Å²) >= 11 is 0. The molecule has 5 aliphatic rings. The molecule has 2 saturated carbocycles. The number of carbonyl (C=O) groups is 2. The first-order valence-electron chi connectivity index (χ1n) is 11.4. The van der Waals surface area contributed by atoms with E-state index < -0.39 is 6.09 Å². The van der Waals surface area contributed by atoms with E-state index in [0.29, 0.717) is 30.4 Å². The average Bonchev–Trinajstić information content (AvgIpc) is 2.98. The number of fused-ring (bicyclic) bond motifs is 4. The number of carboxylic acid groups (broad SMARTS) is 1. The van der Waals surface area contributed by atoms with Gasteiger partial charge in [0, 0.05) is 18.5 Å². The molecule has 4 atom stereocenters. The predicted octanol–water partition coefficient (Wildman–Crippen LogP) is 5.94. The third-order valence-corrected chi connectivity index (χ3v) is 8.38. The van der Waals surface area contributed by atoms with Gasteiger partial charge in [0.1, 0.15) is 0 Å². The number of allylic oxidation sites excluding steroid dienone is 7. The van der Waals surface area contributed by atoms with Crippen LogP contribution in [0.25, 0.3) is 0 Å². The van der Waals surface area contributed by atoms with E-state index in [0.717, 1.165) is 25.7 Å². The minimum Gasteiger partial charge on any atom is -0.465 e. The van der Waals surface area contributed by atoms with Gasteiger partial charge in [-0.05, 0) is 85.8 Å². The van der Waals surface area contributed by atoms with Crippen molar-refractivity contribution < 1.29 is 14.7 Å². The minimum atomic E-state index is -0.967. The number of hydrogen-bond donors (Lipinski definition) is 1. The van der Waals surface area contributed by atoms with Crippen molar-refractivity contribution in [3.8, 4) is 0 Å². The summed E-state index contributed by atoms with van der Waals surface area (Å²) in [6.45, 7) is 6.75. The van der Waals surface area contributed by atoms with Crippen molar-refractivity contribution in [3.05, 3.63) is 58.9 Å². The lowest BCUT2D eigenvalue weighted by atomic mass is 9.56. The Hall–Kier alpha value is -2.36. The van der Waals surface area contributed by atoms with Crippen molar-refractivity contribution in [3.63, 3.8) is 0 Å². The zero-order valence-corrected chi connectivity index (χ0v) is 17.8. The van der Waals surface area contributed by atoms with Gasteiger partial charge in [0.15, 0.2) is 5.78 Å². The molecule has 0 aromatic heterocycles. The Morgan fingerprint density at radius 1 is 1.30 bits per heavy atom. The molecule has 1 amide bonds. The Morgan fingerprint density at radius 3 is 2.90 bits per heavy atom. The van der Waals surface area contributed by atoms with Crippen LogP contribution in [0.3, 0.4) is 0 Å². The molecule has 5 aliphatic carbocycles. The van der Waals surface area contributed by atoms with Crippen LogP contribution in [0.1, 0.15) is 64.7 Å². The molecule has 2 fully saturated rings. The van der Waals surface area contributed by atoms with Gasteiger partial charge in [-0.2, -0.15) is 0 Å². The van der Waals surface area contributed by atoms with E-state index in [1.807, 2.05) is 0 Å². The van der Waals surface area contributed by atoms with E-state index in [1.165, 1.54) is 35.8 Å². The molecular weight excluding hydrogens is 374 g/mol. The number of rotatable bonds is 2. The van der Waals surface area contributed by atoms with Gasteiger partial charge >= 0.3 is 6.09 Å². The summed E-state index contributed by atoms with van der Waals surface area (Å²) < 4.78 is 0. The number of carbonyl (C=O) groups excluding carboxylic acids is 1. The molecule has 0 aromatic carbocycles. The maximum Gasteiger partial charge on any atom is 0.412 e. The van der Waals surface area contributed by atoms with Crippen LogP contribution in [0.5, 0.6) is 0 Å². The Kier molecular flexibility index (Phi) is 4.64. The fourth-order valence-corrected chi connectivity index (χ4v) is 7.15. The number of hydrogen-bond acceptors (Lipinski definition) is 2. The normalized spacial score (nSPS) is 35.3. The van der Waals surface area contributed by atoms with Crippen LogP contribution in [0.4, 0.5) is 4.79 Å². The maximum absolute atomic E-state index is 12.4. The van der Waals surface area contributed by atoms with Gasteiger partial charge in [0.25, 0.3) is 0 Å². The largest absolute Gasteiger partial charge is 0.465 e. The summed E-state index contributed by atoms with van der Waals surface area (Å²) in [6.07, 6.45) is 15.6. The van der Waals surface area contributed by atoms with Gasteiger partial charge in [-0.3, -0.25) is 9.69 Å². The molecule has 5 rings (SSSR count). The fraction of sp³-hybridized carbons (Fsp3) is 0.538. The molecule has 1 N–H and O–H groups in total. The summed E-state index contributed by atoms with van der Waals surface area (Å²) in [5.41, 5.74) is 6.42. The topological polar surface area (TPSA) is 57.6 Å². The molecule has 0 bridgehead atoms. The van der Waals surface area contributed by atoms with Crippen LogP contribution in [-0.2, 0) is 4.79 Å². The average molecular weight is 406 g/mol. The number of ketones is 1.